The lowest BCUT2D eigenvalue weighted by molar-refractivity contribution is -0.123. The van der Waals surface area contributed by atoms with Crippen LogP contribution in [0.3, 0.4) is 0 Å². The Balaban J connectivity index is 1.57. The summed E-state index contributed by atoms with van der Waals surface area (Å²) in [6, 6.07) is 11.2. The first-order valence-electron chi connectivity index (χ1n) is 8.21. The van der Waals surface area contributed by atoms with Crippen LogP contribution < -0.4 is 20.1 Å². The maximum atomic E-state index is 12.2. The molecule has 1 atom stereocenters. The van der Waals surface area contributed by atoms with E-state index in [2.05, 4.69) is 10.6 Å². The Morgan fingerprint density at radius 3 is 2.26 bits per heavy atom. The van der Waals surface area contributed by atoms with Crippen LogP contribution in [0.2, 0.25) is 0 Å². The van der Waals surface area contributed by atoms with E-state index in [-0.39, 0.29) is 18.3 Å². The molecule has 1 aliphatic heterocycles. The number of carbonyl (C=O) groups is 3. The molecule has 0 spiro atoms. The maximum Gasteiger partial charge on any atom is 0.339 e. The minimum atomic E-state index is -1.00. The zero-order valence-corrected chi connectivity index (χ0v) is 14.8. The first-order valence-corrected chi connectivity index (χ1v) is 8.21. The predicted molar refractivity (Wildman–Crippen MR) is 96.8 cm³/mol. The summed E-state index contributed by atoms with van der Waals surface area (Å²) in [5.41, 5.74) is 1.39. The quantitative estimate of drug-likeness (QED) is 0.784. The van der Waals surface area contributed by atoms with Crippen molar-refractivity contribution in [3.63, 3.8) is 0 Å². The van der Waals surface area contributed by atoms with Gasteiger partial charge in [0.1, 0.15) is 0 Å². The van der Waals surface area contributed by atoms with E-state index in [1.165, 1.54) is 19.9 Å². The van der Waals surface area contributed by atoms with Crippen LogP contribution in [0.15, 0.2) is 42.5 Å². The molecule has 0 aliphatic carbocycles. The van der Waals surface area contributed by atoms with Crippen molar-refractivity contribution in [2.24, 2.45) is 0 Å². The van der Waals surface area contributed by atoms with Crippen molar-refractivity contribution in [3.8, 4) is 11.5 Å². The van der Waals surface area contributed by atoms with E-state index in [0.29, 0.717) is 22.9 Å². The summed E-state index contributed by atoms with van der Waals surface area (Å²) >= 11 is 0. The summed E-state index contributed by atoms with van der Waals surface area (Å²) in [7, 11) is 0. The number of carbonyl (C=O) groups excluding carboxylic acids is 3. The van der Waals surface area contributed by atoms with Gasteiger partial charge in [-0.2, -0.15) is 0 Å². The number of anilines is 2. The van der Waals surface area contributed by atoms with Crippen molar-refractivity contribution in [2.75, 3.05) is 17.4 Å². The highest BCUT2D eigenvalue weighted by atomic mass is 16.7. The van der Waals surface area contributed by atoms with Gasteiger partial charge in [0.25, 0.3) is 5.91 Å². The summed E-state index contributed by atoms with van der Waals surface area (Å²) in [5.74, 6) is -0.287. The molecule has 0 unspecified atom stereocenters. The topological polar surface area (TPSA) is 103 Å². The molecule has 0 bridgehead atoms. The first kappa shape index (κ1) is 18.2. The third-order valence-corrected chi connectivity index (χ3v) is 3.73. The molecule has 0 saturated carbocycles. The van der Waals surface area contributed by atoms with Crippen molar-refractivity contribution in [3.05, 3.63) is 48.0 Å². The van der Waals surface area contributed by atoms with Crippen molar-refractivity contribution >= 4 is 29.2 Å². The standard InChI is InChI=1S/C19H18N2O6/c1-11(18(23)21-15-6-4-14(5-7-15)20-12(2)22)27-19(24)13-3-8-16-17(9-13)26-10-25-16/h3-9,11H,10H2,1-2H3,(H,20,22)(H,21,23)/t11-/m0/s1. The van der Waals surface area contributed by atoms with Gasteiger partial charge in [0.2, 0.25) is 12.7 Å². The molecule has 1 aliphatic rings. The monoisotopic (exact) mass is 370 g/mol. The fourth-order valence-electron chi connectivity index (χ4n) is 2.39. The molecule has 8 heteroatoms. The third-order valence-electron chi connectivity index (χ3n) is 3.73. The fourth-order valence-corrected chi connectivity index (χ4v) is 2.39. The minimum absolute atomic E-state index is 0.105. The van der Waals surface area contributed by atoms with Gasteiger partial charge in [0, 0.05) is 18.3 Å². The van der Waals surface area contributed by atoms with E-state index >= 15 is 0 Å². The van der Waals surface area contributed by atoms with Crippen molar-refractivity contribution in [1.82, 2.24) is 0 Å². The van der Waals surface area contributed by atoms with Crippen molar-refractivity contribution in [2.45, 2.75) is 20.0 Å². The van der Waals surface area contributed by atoms with E-state index in [1.807, 2.05) is 0 Å². The molecule has 0 radical (unpaired) electrons. The highest BCUT2D eigenvalue weighted by Crippen LogP contribution is 2.32. The molecular formula is C19H18N2O6. The van der Waals surface area contributed by atoms with E-state index in [1.54, 1.807) is 36.4 Å². The first-order chi connectivity index (χ1) is 12.9. The van der Waals surface area contributed by atoms with Gasteiger partial charge in [-0.3, -0.25) is 9.59 Å². The molecule has 2 aromatic carbocycles. The number of ether oxygens (including phenoxy) is 3. The number of hydrogen-bond acceptors (Lipinski definition) is 6. The maximum absolute atomic E-state index is 12.2. The van der Waals surface area contributed by atoms with E-state index in [0.717, 1.165) is 0 Å². The second-order valence-corrected chi connectivity index (χ2v) is 5.86. The highest BCUT2D eigenvalue weighted by molar-refractivity contribution is 5.98. The summed E-state index contributed by atoms with van der Waals surface area (Å²) in [5, 5.41) is 5.28. The van der Waals surface area contributed by atoms with Crippen molar-refractivity contribution in [1.29, 1.82) is 0 Å². The molecule has 3 rings (SSSR count). The number of esters is 1. The molecule has 0 saturated heterocycles. The third kappa shape index (κ3) is 4.55. The van der Waals surface area contributed by atoms with Crippen LogP contribution >= 0.6 is 0 Å². The van der Waals surface area contributed by atoms with E-state index in [4.69, 9.17) is 14.2 Å². The summed E-state index contributed by atoms with van der Waals surface area (Å²) in [6.45, 7) is 2.99. The summed E-state index contributed by atoms with van der Waals surface area (Å²) < 4.78 is 15.6. The van der Waals surface area contributed by atoms with E-state index < -0.39 is 18.0 Å². The van der Waals surface area contributed by atoms with Crippen LogP contribution in [0, 0.1) is 0 Å². The molecule has 2 N–H and O–H groups in total. The van der Waals surface area contributed by atoms with E-state index in [9.17, 15) is 14.4 Å². The van der Waals surface area contributed by atoms with Gasteiger partial charge in [0.15, 0.2) is 17.6 Å². The zero-order chi connectivity index (χ0) is 19.4. The molecular weight excluding hydrogens is 352 g/mol. The zero-order valence-electron chi connectivity index (χ0n) is 14.8. The predicted octanol–water partition coefficient (Wildman–Crippen LogP) is 2.56. The van der Waals surface area contributed by atoms with Gasteiger partial charge in [-0.05, 0) is 49.4 Å². The number of rotatable bonds is 5. The average molecular weight is 370 g/mol. The highest BCUT2D eigenvalue weighted by Gasteiger charge is 2.21. The van der Waals surface area contributed by atoms with Gasteiger partial charge in [-0.25, -0.2) is 4.79 Å². The Hall–Kier alpha value is -3.55. The molecule has 2 aromatic rings. The van der Waals surface area contributed by atoms with Gasteiger partial charge < -0.3 is 24.8 Å². The van der Waals surface area contributed by atoms with Crippen LogP contribution in [0.4, 0.5) is 11.4 Å². The lowest BCUT2D eigenvalue weighted by atomic mass is 10.2. The minimum Gasteiger partial charge on any atom is -0.454 e. The van der Waals surface area contributed by atoms with Crippen LogP contribution in [-0.2, 0) is 14.3 Å². The Morgan fingerprint density at radius 2 is 1.59 bits per heavy atom. The molecule has 8 nitrogen and oxygen atoms in total. The molecule has 2 amide bonds. The fraction of sp³-hybridized carbons (Fsp3) is 0.211. The lowest BCUT2D eigenvalue weighted by Crippen LogP contribution is -2.30. The molecule has 0 aromatic heterocycles. The molecule has 0 fully saturated rings. The van der Waals surface area contributed by atoms with Gasteiger partial charge >= 0.3 is 5.97 Å². The van der Waals surface area contributed by atoms with Gasteiger partial charge in [-0.15, -0.1) is 0 Å². The van der Waals surface area contributed by atoms with Crippen LogP contribution in [-0.4, -0.2) is 30.7 Å². The largest absolute Gasteiger partial charge is 0.454 e. The summed E-state index contributed by atoms with van der Waals surface area (Å²) in [6.07, 6.45) is -1.00. The number of amides is 2. The Morgan fingerprint density at radius 1 is 0.963 bits per heavy atom. The Kier molecular flexibility index (Phi) is 5.25. The second kappa shape index (κ2) is 7.77. The number of nitrogens with one attached hydrogen (secondary N) is 2. The van der Waals surface area contributed by atoms with Crippen LogP contribution in [0.25, 0.3) is 0 Å². The molecule has 27 heavy (non-hydrogen) atoms. The Bertz CT molecular complexity index is 878. The van der Waals surface area contributed by atoms with Gasteiger partial charge in [-0.1, -0.05) is 0 Å². The lowest BCUT2D eigenvalue weighted by Gasteiger charge is -2.14. The van der Waals surface area contributed by atoms with Crippen LogP contribution in [0.5, 0.6) is 11.5 Å². The number of benzene rings is 2. The molecule has 1 heterocycles. The Labute approximate surface area is 155 Å². The average Bonchev–Trinajstić information content (AvgIpc) is 3.10. The normalized spacial score (nSPS) is 12.8. The number of hydrogen-bond donors (Lipinski definition) is 2. The summed E-state index contributed by atoms with van der Waals surface area (Å²) in [4.78, 5) is 35.4. The smallest absolute Gasteiger partial charge is 0.339 e. The second-order valence-electron chi connectivity index (χ2n) is 5.86. The van der Waals surface area contributed by atoms with Crippen molar-refractivity contribution < 1.29 is 28.6 Å². The van der Waals surface area contributed by atoms with Gasteiger partial charge in [0.05, 0.1) is 5.56 Å². The SMILES string of the molecule is CC(=O)Nc1ccc(NC(=O)[C@H](C)OC(=O)c2ccc3c(c2)OCO3)cc1. The number of fused-ring (bicyclic) bond motifs is 1. The van der Waals surface area contributed by atoms with Crippen LogP contribution in [0.1, 0.15) is 24.2 Å². The molecule has 140 valence electrons.